The van der Waals surface area contributed by atoms with Crippen LogP contribution in [0.25, 0.3) is 0 Å². The summed E-state index contributed by atoms with van der Waals surface area (Å²) in [6, 6.07) is 2.82. The van der Waals surface area contributed by atoms with Crippen LogP contribution in [-0.4, -0.2) is 31.4 Å². The Bertz CT molecular complexity index is 606. The Hall–Kier alpha value is -1.63. The number of amides is 1. The molecular formula is C14H22N2O4S. The molecule has 0 bridgehead atoms. The lowest BCUT2D eigenvalue weighted by Crippen LogP contribution is -2.34. The van der Waals surface area contributed by atoms with Gasteiger partial charge in [0, 0.05) is 12.5 Å². The molecule has 1 aromatic rings. The summed E-state index contributed by atoms with van der Waals surface area (Å²) in [5.74, 6) is 0. The van der Waals surface area contributed by atoms with Gasteiger partial charge in [-0.1, -0.05) is 6.92 Å². The van der Waals surface area contributed by atoms with Crippen LogP contribution in [0.5, 0.6) is 0 Å². The van der Waals surface area contributed by atoms with Gasteiger partial charge in [-0.15, -0.1) is 0 Å². The van der Waals surface area contributed by atoms with E-state index in [0.717, 1.165) is 6.26 Å². The normalized spacial score (nSPS) is 13.6. The zero-order valence-corrected chi connectivity index (χ0v) is 13.8. The number of alkyl carbamates (subject to hydrolysis) is 1. The minimum atomic E-state index is -3.38. The first-order valence-corrected chi connectivity index (χ1v) is 8.57. The Labute approximate surface area is 125 Å². The van der Waals surface area contributed by atoms with Crippen molar-refractivity contribution in [1.82, 2.24) is 10.3 Å². The number of hydrogen-bond donors (Lipinski definition) is 1. The number of nitrogens with zero attached hydrogens (tertiary/aromatic N) is 1. The zero-order valence-electron chi connectivity index (χ0n) is 13.0. The van der Waals surface area contributed by atoms with Crippen LogP contribution in [0.4, 0.5) is 4.79 Å². The highest BCUT2D eigenvalue weighted by Gasteiger charge is 2.20. The van der Waals surface area contributed by atoms with Crippen molar-refractivity contribution in [1.29, 1.82) is 0 Å². The molecule has 6 nitrogen and oxygen atoms in total. The van der Waals surface area contributed by atoms with Gasteiger partial charge in [0.05, 0.1) is 6.04 Å². The molecule has 0 saturated carbocycles. The molecule has 1 aromatic heterocycles. The zero-order chi connectivity index (χ0) is 16.3. The minimum absolute atomic E-state index is 0.00978. The monoisotopic (exact) mass is 314 g/mol. The molecule has 0 aromatic carbocycles. The number of aromatic nitrogens is 1. The standard InChI is InChI=1S/C14H22N2O4S/c1-6-11(16-13(17)20-14(2,3)4)10-7-8-15-12(9-10)21(5,18)19/h7-9,11H,6H2,1-5H3,(H,16,17)/t11-/m0/s1. The average Bonchev–Trinajstić information content (AvgIpc) is 2.33. The predicted molar refractivity (Wildman–Crippen MR) is 79.7 cm³/mol. The van der Waals surface area contributed by atoms with Crippen LogP contribution in [0, 0.1) is 0 Å². The third-order valence-electron chi connectivity index (χ3n) is 2.64. The fraction of sp³-hybridized carbons (Fsp3) is 0.571. The van der Waals surface area contributed by atoms with E-state index in [9.17, 15) is 13.2 Å². The number of sulfone groups is 1. The van der Waals surface area contributed by atoms with Gasteiger partial charge in [0.2, 0.25) is 0 Å². The van der Waals surface area contributed by atoms with E-state index in [0.29, 0.717) is 12.0 Å². The van der Waals surface area contributed by atoms with E-state index in [4.69, 9.17) is 4.74 Å². The average molecular weight is 314 g/mol. The smallest absolute Gasteiger partial charge is 0.408 e. The Morgan fingerprint density at radius 3 is 2.52 bits per heavy atom. The van der Waals surface area contributed by atoms with Gasteiger partial charge in [0.1, 0.15) is 5.60 Å². The van der Waals surface area contributed by atoms with Crippen molar-refractivity contribution in [3.8, 4) is 0 Å². The topological polar surface area (TPSA) is 85.4 Å². The molecule has 1 heterocycles. The molecule has 21 heavy (non-hydrogen) atoms. The van der Waals surface area contributed by atoms with Crippen LogP contribution in [0.3, 0.4) is 0 Å². The van der Waals surface area contributed by atoms with E-state index in [1.807, 2.05) is 6.92 Å². The van der Waals surface area contributed by atoms with Gasteiger partial charge in [0.25, 0.3) is 0 Å². The first-order valence-electron chi connectivity index (χ1n) is 6.68. The van der Waals surface area contributed by atoms with Crippen LogP contribution >= 0.6 is 0 Å². The van der Waals surface area contributed by atoms with E-state index >= 15 is 0 Å². The molecule has 0 fully saturated rings. The second kappa shape index (κ2) is 6.43. The fourth-order valence-electron chi connectivity index (χ4n) is 1.72. The summed E-state index contributed by atoms with van der Waals surface area (Å²) in [5.41, 5.74) is 0.0946. The highest BCUT2D eigenvalue weighted by Crippen LogP contribution is 2.19. The maximum Gasteiger partial charge on any atom is 0.408 e. The highest BCUT2D eigenvalue weighted by molar-refractivity contribution is 7.90. The van der Waals surface area contributed by atoms with Crippen molar-refractivity contribution in [2.75, 3.05) is 6.26 Å². The van der Waals surface area contributed by atoms with Crippen molar-refractivity contribution in [3.63, 3.8) is 0 Å². The Balaban J connectivity index is 2.93. The number of rotatable bonds is 4. The van der Waals surface area contributed by atoms with Crippen molar-refractivity contribution < 1.29 is 17.9 Å². The van der Waals surface area contributed by atoms with Crippen molar-refractivity contribution in [2.45, 2.75) is 50.8 Å². The SMILES string of the molecule is CC[C@H](NC(=O)OC(C)(C)C)c1ccnc(S(C)(=O)=O)c1. The van der Waals surface area contributed by atoms with Crippen LogP contribution < -0.4 is 5.32 Å². The van der Waals surface area contributed by atoms with Crippen LogP contribution in [0.15, 0.2) is 23.4 Å². The van der Waals surface area contributed by atoms with Gasteiger partial charge in [-0.25, -0.2) is 18.2 Å². The van der Waals surface area contributed by atoms with Gasteiger partial charge in [-0.3, -0.25) is 0 Å². The first-order chi connectivity index (χ1) is 9.53. The van der Waals surface area contributed by atoms with Gasteiger partial charge in [-0.05, 0) is 44.9 Å². The molecule has 118 valence electrons. The molecule has 0 aliphatic rings. The number of ether oxygens (including phenoxy) is 1. The van der Waals surface area contributed by atoms with E-state index in [2.05, 4.69) is 10.3 Å². The van der Waals surface area contributed by atoms with Crippen LogP contribution in [-0.2, 0) is 14.6 Å². The Kier molecular flexibility index (Phi) is 5.33. The molecule has 1 rings (SSSR count). The summed E-state index contributed by atoms with van der Waals surface area (Å²) in [4.78, 5) is 15.6. The molecule has 7 heteroatoms. The molecule has 0 spiro atoms. The lowest BCUT2D eigenvalue weighted by molar-refractivity contribution is 0.0502. The Morgan fingerprint density at radius 1 is 1.43 bits per heavy atom. The van der Waals surface area contributed by atoms with Crippen LogP contribution in [0.2, 0.25) is 0 Å². The maximum atomic E-state index is 11.8. The number of pyridine rings is 1. The molecule has 0 aliphatic carbocycles. The second-order valence-electron chi connectivity index (χ2n) is 5.81. The third-order valence-corrected chi connectivity index (χ3v) is 3.62. The van der Waals surface area contributed by atoms with Gasteiger partial charge >= 0.3 is 6.09 Å². The lowest BCUT2D eigenvalue weighted by atomic mass is 10.1. The second-order valence-corrected chi connectivity index (χ2v) is 7.77. The first kappa shape index (κ1) is 17.4. The minimum Gasteiger partial charge on any atom is -0.444 e. The summed E-state index contributed by atoms with van der Waals surface area (Å²) in [5, 5.41) is 2.72. The largest absolute Gasteiger partial charge is 0.444 e. The molecule has 0 saturated heterocycles. The molecular weight excluding hydrogens is 292 g/mol. The molecule has 1 atom stereocenters. The van der Waals surface area contributed by atoms with Gasteiger partial charge in [-0.2, -0.15) is 0 Å². The van der Waals surface area contributed by atoms with E-state index < -0.39 is 21.5 Å². The van der Waals surface area contributed by atoms with Crippen LogP contribution in [0.1, 0.15) is 45.7 Å². The maximum absolute atomic E-state index is 11.8. The molecule has 1 N–H and O–H groups in total. The quantitative estimate of drug-likeness (QED) is 0.922. The van der Waals surface area contributed by atoms with Crippen molar-refractivity contribution in [3.05, 3.63) is 23.9 Å². The Morgan fingerprint density at radius 2 is 2.05 bits per heavy atom. The van der Waals surface area contributed by atoms with Gasteiger partial charge in [0.15, 0.2) is 14.9 Å². The van der Waals surface area contributed by atoms with E-state index in [-0.39, 0.29) is 11.1 Å². The number of carbonyl (C=O) groups excluding carboxylic acids is 1. The number of hydrogen-bond acceptors (Lipinski definition) is 5. The van der Waals surface area contributed by atoms with E-state index in [1.54, 1.807) is 26.8 Å². The number of nitrogens with one attached hydrogen (secondary N) is 1. The number of carbonyl (C=O) groups is 1. The summed E-state index contributed by atoms with van der Waals surface area (Å²) in [6.07, 6.45) is 2.59. The van der Waals surface area contributed by atoms with Crippen molar-refractivity contribution in [2.24, 2.45) is 0 Å². The molecule has 0 unspecified atom stereocenters. The van der Waals surface area contributed by atoms with E-state index in [1.165, 1.54) is 12.3 Å². The molecule has 0 radical (unpaired) electrons. The third kappa shape index (κ3) is 5.71. The summed E-state index contributed by atoms with van der Waals surface area (Å²) in [6.45, 7) is 7.23. The lowest BCUT2D eigenvalue weighted by Gasteiger charge is -2.23. The summed E-state index contributed by atoms with van der Waals surface area (Å²) >= 11 is 0. The molecule has 1 amide bonds. The summed E-state index contributed by atoms with van der Waals surface area (Å²) < 4.78 is 28.3. The highest BCUT2D eigenvalue weighted by atomic mass is 32.2. The molecule has 0 aliphatic heterocycles. The summed E-state index contributed by atoms with van der Waals surface area (Å²) in [7, 11) is -3.38. The van der Waals surface area contributed by atoms with Gasteiger partial charge < -0.3 is 10.1 Å². The van der Waals surface area contributed by atoms with Crippen molar-refractivity contribution >= 4 is 15.9 Å². The predicted octanol–water partition coefficient (Wildman–Crippen LogP) is 2.46. The fourth-order valence-corrected chi connectivity index (χ4v) is 2.32.